The van der Waals surface area contributed by atoms with Gasteiger partial charge in [0.05, 0.1) is 41.9 Å². The molecule has 0 N–H and O–H groups in total. The van der Waals surface area contributed by atoms with E-state index < -0.39 is 17.7 Å². The fourth-order valence-electron chi connectivity index (χ4n) is 4.65. The number of benzene rings is 3. The molecule has 0 fully saturated rings. The predicted octanol–water partition coefficient (Wildman–Crippen LogP) is 6.81. The number of esters is 1. The van der Waals surface area contributed by atoms with Gasteiger partial charge in [-0.1, -0.05) is 30.0 Å². The van der Waals surface area contributed by atoms with Crippen LogP contribution in [0.5, 0.6) is 5.75 Å². The summed E-state index contributed by atoms with van der Waals surface area (Å²) in [7, 11) is 1.63. The van der Waals surface area contributed by atoms with Gasteiger partial charge in [-0.2, -0.15) is 13.2 Å². The molecule has 0 aliphatic carbocycles. The molecule has 0 radical (unpaired) electrons. The number of nitrogens with zero attached hydrogens (tertiary/aromatic N) is 3. The summed E-state index contributed by atoms with van der Waals surface area (Å²) in [4.78, 5) is 21.8. The maximum atomic E-state index is 13.2. The van der Waals surface area contributed by atoms with Crippen molar-refractivity contribution in [3.05, 3.63) is 89.0 Å². The van der Waals surface area contributed by atoms with Gasteiger partial charge in [-0.25, -0.2) is 14.8 Å². The number of hydrogen-bond acceptors (Lipinski definition) is 7. The fourth-order valence-corrected chi connectivity index (χ4v) is 5.83. The first-order valence-electron chi connectivity index (χ1n) is 13.5. The van der Waals surface area contributed by atoms with Crippen LogP contribution in [-0.2, 0) is 28.6 Å². The lowest BCUT2D eigenvalue weighted by atomic mass is 10.1. The van der Waals surface area contributed by atoms with E-state index in [0.717, 1.165) is 40.5 Å². The molecule has 0 spiro atoms. The average Bonchev–Trinajstić information content (AvgIpc) is 3.53. The molecule has 0 bridgehead atoms. The number of fused-ring (bicyclic) bond motifs is 1. The van der Waals surface area contributed by atoms with E-state index in [0.29, 0.717) is 28.9 Å². The standard InChI is InChI=1S/C31H30F3N3O4S/c1-4-40-29(38)22-10-13-27-25(17-22)36-30(37(27)15-14-20-8-11-24(39-3)12-9-20)42-18-26-19(2)41-28(35-26)21-6-5-7-23(16-21)31(32,33)34/h5-13,16-17,19,26H,4,14-15,18H2,1-3H3/t19-,26+/m0/s1. The summed E-state index contributed by atoms with van der Waals surface area (Å²) in [5.74, 6) is 1.08. The number of rotatable bonds is 10. The fraction of sp³-hybridized carbons (Fsp3) is 0.323. The zero-order chi connectivity index (χ0) is 29.9. The van der Waals surface area contributed by atoms with Crippen molar-refractivity contribution in [1.82, 2.24) is 9.55 Å². The van der Waals surface area contributed by atoms with Crippen LogP contribution in [-0.4, -0.2) is 53.0 Å². The summed E-state index contributed by atoms with van der Waals surface area (Å²) in [5, 5.41) is 0.745. The summed E-state index contributed by atoms with van der Waals surface area (Å²) in [6.45, 7) is 4.53. The van der Waals surface area contributed by atoms with E-state index in [1.807, 2.05) is 37.3 Å². The zero-order valence-electron chi connectivity index (χ0n) is 23.4. The highest BCUT2D eigenvalue weighted by molar-refractivity contribution is 7.99. The van der Waals surface area contributed by atoms with Gasteiger partial charge in [0.1, 0.15) is 11.9 Å². The van der Waals surface area contributed by atoms with E-state index in [2.05, 4.69) is 9.56 Å². The molecule has 220 valence electrons. The van der Waals surface area contributed by atoms with Gasteiger partial charge < -0.3 is 18.8 Å². The molecule has 42 heavy (non-hydrogen) atoms. The maximum Gasteiger partial charge on any atom is 0.416 e. The molecule has 4 aromatic rings. The summed E-state index contributed by atoms with van der Waals surface area (Å²) in [5.41, 5.74) is 2.65. The molecule has 7 nitrogen and oxygen atoms in total. The molecule has 1 aromatic heterocycles. The number of ether oxygens (including phenoxy) is 3. The quantitative estimate of drug-likeness (QED) is 0.148. The second kappa shape index (κ2) is 12.5. The van der Waals surface area contributed by atoms with Crippen LogP contribution in [0.4, 0.5) is 13.2 Å². The lowest BCUT2D eigenvalue weighted by molar-refractivity contribution is -0.137. The van der Waals surface area contributed by atoms with Crippen LogP contribution in [0.1, 0.15) is 40.9 Å². The van der Waals surface area contributed by atoms with E-state index in [1.165, 1.54) is 17.8 Å². The van der Waals surface area contributed by atoms with Gasteiger partial charge in [-0.05, 0) is 74.4 Å². The van der Waals surface area contributed by atoms with Crippen LogP contribution < -0.4 is 4.74 Å². The summed E-state index contributed by atoms with van der Waals surface area (Å²) in [6, 6.07) is 17.9. The topological polar surface area (TPSA) is 74.9 Å². The van der Waals surface area contributed by atoms with E-state index in [4.69, 9.17) is 19.2 Å². The number of carbonyl (C=O) groups is 1. The highest BCUT2D eigenvalue weighted by Crippen LogP contribution is 2.32. The van der Waals surface area contributed by atoms with Gasteiger partial charge in [0.25, 0.3) is 0 Å². The summed E-state index contributed by atoms with van der Waals surface area (Å²) >= 11 is 1.49. The van der Waals surface area contributed by atoms with Crippen molar-refractivity contribution in [3.8, 4) is 5.75 Å². The van der Waals surface area contributed by atoms with Crippen molar-refractivity contribution >= 4 is 34.7 Å². The van der Waals surface area contributed by atoms with Crippen LogP contribution in [0, 0.1) is 0 Å². The largest absolute Gasteiger partial charge is 0.497 e. The lowest BCUT2D eigenvalue weighted by Crippen LogP contribution is -2.21. The molecule has 11 heteroatoms. The van der Waals surface area contributed by atoms with E-state index in [9.17, 15) is 18.0 Å². The second-order valence-corrected chi connectivity index (χ2v) is 10.8. The van der Waals surface area contributed by atoms with Crippen molar-refractivity contribution in [1.29, 1.82) is 0 Å². The molecule has 3 aromatic carbocycles. The third-order valence-corrected chi connectivity index (χ3v) is 8.03. The maximum absolute atomic E-state index is 13.2. The summed E-state index contributed by atoms with van der Waals surface area (Å²) in [6.07, 6.45) is -4.04. The molecular weight excluding hydrogens is 567 g/mol. The average molecular weight is 598 g/mol. The minimum Gasteiger partial charge on any atom is -0.497 e. The van der Waals surface area contributed by atoms with E-state index in [-0.39, 0.29) is 24.7 Å². The number of aryl methyl sites for hydroxylation is 2. The number of aromatic nitrogens is 2. The normalized spacial score (nSPS) is 16.8. The van der Waals surface area contributed by atoms with Gasteiger partial charge in [-0.3, -0.25) is 0 Å². The third kappa shape index (κ3) is 6.56. The Hall–Kier alpha value is -3.99. The number of hydrogen-bond donors (Lipinski definition) is 0. The number of aliphatic imine (C=N–C) groups is 1. The Kier molecular flexibility index (Phi) is 8.77. The molecule has 5 rings (SSSR count). The van der Waals surface area contributed by atoms with Crippen molar-refractivity contribution < 1.29 is 32.2 Å². The number of alkyl halides is 3. The minimum atomic E-state index is -4.45. The Bertz CT molecular complexity index is 1600. The monoisotopic (exact) mass is 597 g/mol. The van der Waals surface area contributed by atoms with E-state index in [1.54, 1.807) is 32.2 Å². The predicted molar refractivity (Wildman–Crippen MR) is 155 cm³/mol. The Morgan fingerprint density at radius 2 is 1.88 bits per heavy atom. The van der Waals surface area contributed by atoms with Crippen LogP contribution in [0.15, 0.2) is 76.9 Å². The number of imidazole rings is 1. The highest BCUT2D eigenvalue weighted by Gasteiger charge is 2.33. The van der Waals surface area contributed by atoms with Gasteiger partial charge >= 0.3 is 12.1 Å². The van der Waals surface area contributed by atoms with E-state index >= 15 is 0 Å². The lowest BCUT2D eigenvalue weighted by Gasteiger charge is -2.13. The van der Waals surface area contributed by atoms with Crippen LogP contribution in [0.2, 0.25) is 0 Å². The van der Waals surface area contributed by atoms with Gasteiger partial charge in [0, 0.05) is 17.9 Å². The molecule has 0 saturated carbocycles. The van der Waals surface area contributed by atoms with Gasteiger partial charge in [-0.15, -0.1) is 0 Å². The molecule has 0 amide bonds. The molecule has 0 unspecified atom stereocenters. The SMILES string of the molecule is CCOC(=O)c1ccc2c(c1)nc(SC[C@H]1N=C(c3cccc(C(F)(F)F)c3)O[C@H]1C)n2CCc1ccc(OC)cc1. The smallest absolute Gasteiger partial charge is 0.416 e. The number of halogens is 3. The number of thioether (sulfide) groups is 1. The van der Waals surface area contributed by atoms with Crippen LogP contribution in [0.25, 0.3) is 11.0 Å². The second-order valence-electron chi connectivity index (χ2n) is 9.78. The Labute approximate surface area is 245 Å². The van der Waals surface area contributed by atoms with Gasteiger partial charge in [0.15, 0.2) is 5.16 Å². The first-order chi connectivity index (χ1) is 20.2. The van der Waals surface area contributed by atoms with Crippen molar-refractivity contribution in [3.63, 3.8) is 0 Å². The molecule has 1 aliphatic heterocycles. The molecule has 2 heterocycles. The molecule has 2 atom stereocenters. The van der Waals surface area contributed by atoms with Crippen molar-refractivity contribution in [2.75, 3.05) is 19.5 Å². The number of carbonyl (C=O) groups excluding carboxylic acids is 1. The highest BCUT2D eigenvalue weighted by atomic mass is 32.2. The molecular formula is C31H30F3N3O4S. The van der Waals surface area contributed by atoms with Crippen molar-refractivity contribution in [2.45, 2.75) is 50.3 Å². The Morgan fingerprint density at radius 1 is 1.10 bits per heavy atom. The summed E-state index contributed by atoms with van der Waals surface area (Å²) < 4.78 is 58.1. The van der Waals surface area contributed by atoms with Crippen molar-refractivity contribution in [2.24, 2.45) is 4.99 Å². The van der Waals surface area contributed by atoms with Gasteiger partial charge in [0.2, 0.25) is 5.90 Å². The Morgan fingerprint density at radius 3 is 2.60 bits per heavy atom. The first-order valence-corrected chi connectivity index (χ1v) is 14.5. The Balaban J connectivity index is 1.39. The number of methoxy groups -OCH3 is 1. The third-order valence-electron chi connectivity index (χ3n) is 6.95. The van der Waals surface area contributed by atoms with Crippen LogP contribution >= 0.6 is 11.8 Å². The first kappa shape index (κ1) is 29.5. The minimum absolute atomic E-state index is 0.200. The molecule has 0 saturated heterocycles. The zero-order valence-corrected chi connectivity index (χ0v) is 24.2. The van der Waals surface area contributed by atoms with Crippen LogP contribution in [0.3, 0.4) is 0 Å². The molecule has 1 aliphatic rings.